The first kappa shape index (κ1) is 71.4. The monoisotopic (exact) mass is 1420 g/mol. The van der Waals surface area contributed by atoms with Crippen molar-refractivity contribution in [1.29, 1.82) is 0 Å². The molecule has 1 unspecified atom stereocenters. The number of benzene rings is 8. The van der Waals surface area contributed by atoms with Crippen LogP contribution in [0.25, 0.3) is 0 Å². The van der Waals surface area contributed by atoms with Gasteiger partial charge in [0, 0.05) is 48.1 Å². The fourth-order valence-electron chi connectivity index (χ4n) is 11.7. The zero-order valence-electron chi connectivity index (χ0n) is 56.0. The predicted octanol–water partition coefficient (Wildman–Crippen LogP) is 12.9. The Kier molecular flexibility index (Phi) is 25.0. The number of hydrogen-bond donors (Lipinski definition) is 2. The third-order valence-electron chi connectivity index (χ3n) is 16.7. The van der Waals surface area contributed by atoms with Gasteiger partial charge in [0.15, 0.2) is 60.5 Å². The Hall–Kier alpha value is -10.4. The van der Waals surface area contributed by atoms with Gasteiger partial charge in [0.1, 0.15) is 35.0 Å². The van der Waals surface area contributed by atoms with Crippen molar-refractivity contribution in [2.75, 3.05) is 71.1 Å². The molecule has 0 bridgehead atoms. The largest absolute Gasteiger partial charge is 0.464 e. The second-order valence-corrected chi connectivity index (χ2v) is 26.4. The molecule has 19 nitrogen and oxygen atoms in total. The fourth-order valence-corrected chi connectivity index (χ4v) is 14.8. The number of β-lactam (4-membered cyclic amide) rings is 1. The van der Waals surface area contributed by atoms with E-state index in [2.05, 4.69) is 52.2 Å². The molecule has 8 aromatic carbocycles. The zero-order valence-corrected chi connectivity index (χ0v) is 58.5. The Labute approximate surface area is 604 Å². The Bertz CT molecular complexity index is 4260. The number of thioether (sulfide) groups is 2. The van der Waals surface area contributed by atoms with Crippen LogP contribution in [0, 0.1) is 0 Å². The summed E-state index contributed by atoms with van der Waals surface area (Å²) in [6.07, 6.45) is 2.19. The maximum atomic E-state index is 15.3. The van der Waals surface area contributed by atoms with E-state index in [1.165, 1.54) is 39.8 Å². The standard InChI is InChI=1S/C80H74N6O13S3/c1-91-44-46-93-54-95-67-39-38-56(48-68(67)96-55-94-47-45-92-2)50-97-84-70(66-53-102-79(81-66)83-80(62-32-18-7-19-33-62,63-34-20-8-21-35-63)64-36-22-9-23-37-64)75(88)82-71-76(89)86-72(78(90)99-74(59-28-14-5-15-29-59)60-30-16-6-17-31-60)61(52-101-77(71)86)51-100-65-40-42-85(43-41-65)49-69(87)98-73(57-24-10-3-11-25-57)58-26-12-4-13-27-58/h3-43,48,53,71,73-74,77H,44-47,49-52,54-55H2,1-2H3,(H-,81,82,83,88)/p+1/t71?,77-/m1/s1. The van der Waals surface area contributed by atoms with Crippen molar-refractivity contribution in [3.63, 3.8) is 0 Å². The van der Waals surface area contributed by atoms with Gasteiger partial charge in [-0.3, -0.25) is 14.5 Å². The average Bonchev–Trinajstić information content (AvgIpc) is 0.868. The van der Waals surface area contributed by atoms with Crippen LogP contribution in [-0.4, -0.2) is 117 Å². The number of carbonyl (C=O) groups excluding carboxylic acids is 4. The summed E-state index contributed by atoms with van der Waals surface area (Å²) in [4.78, 5) is 72.7. The quantitative estimate of drug-likeness (QED) is 0.00436. The summed E-state index contributed by atoms with van der Waals surface area (Å²) < 4.78 is 47.8. The summed E-state index contributed by atoms with van der Waals surface area (Å²) in [7, 11) is 3.16. The molecule has 1 fully saturated rings. The number of ether oxygens (including phenoxy) is 8. The van der Waals surface area contributed by atoms with E-state index in [0.29, 0.717) is 59.9 Å². The molecule has 2 N–H and O–H groups in total. The van der Waals surface area contributed by atoms with E-state index in [-0.39, 0.29) is 49.6 Å². The molecule has 2 atom stereocenters. The molecule has 2 amide bonds. The maximum absolute atomic E-state index is 15.3. The number of nitrogens with zero attached hydrogens (tertiary/aromatic N) is 4. The molecule has 102 heavy (non-hydrogen) atoms. The number of anilines is 1. The van der Waals surface area contributed by atoms with Gasteiger partial charge in [-0.2, -0.15) is 4.57 Å². The summed E-state index contributed by atoms with van der Waals surface area (Å²) in [5.41, 5.74) is 6.26. The minimum Gasteiger partial charge on any atom is -0.464 e. The van der Waals surface area contributed by atoms with E-state index >= 15 is 14.4 Å². The number of carbonyl (C=O) groups is 4. The van der Waals surface area contributed by atoms with Gasteiger partial charge in [-0.1, -0.05) is 224 Å². The molecule has 1 saturated heterocycles. The van der Waals surface area contributed by atoms with Crippen molar-refractivity contribution in [1.82, 2.24) is 15.2 Å². The van der Waals surface area contributed by atoms with Crippen LogP contribution in [0.2, 0.25) is 0 Å². The Morgan fingerprint density at radius 3 is 1.65 bits per heavy atom. The molecule has 0 saturated carbocycles. The SMILES string of the molecule is COCCOCOc1ccc(CON=C(C(=O)NC2C(=O)N3C(C(=O)OC(c4ccccc4)c4ccccc4)=C(CSc4cc[n+](CC(=O)OC(c5ccccc5)c5ccccc5)cc4)CS[C@H]23)c2csc(NC(c3ccccc3)(c3ccccc3)c3ccccc3)n2)cc1OCOCCOC. The highest BCUT2D eigenvalue weighted by Gasteiger charge is 2.55. The lowest BCUT2D eigenvalue weighted by atomic mass is 9.77. The number of oxime groups is 1. The highest BCUT2D eigenvalue weighted by atomic mass is 32.2. The van der Waals surface area contributed by atoms with Gasteiger partial charge in [-0.05, 0) is 62.2 Å². The molecule has 2 aliphatic rings. The van der Waals surface area contributed by atoms with Crippen LogP contribution in [0.3, 0.4) is 0 Å². The van der Waals surface area contributed by atoms with E-state index in [9.17, 15) is 4.79 Å². The molecule has 22 heteroatoms. The summed E-state index contributed by atoms with van der Waals surface area (Å²) >= 11 is 4.14. The van der Waals surface area contributed by atoms with Crippen LogP contribution >= 0.6 is 34.9 Å². The van der Waals surface area contributed by atoms with Crippen molar-refractivity contribution < 1.29 is 66.5 Å². The highest BCUT2D eigenvalue weighted by Crippen LogP contribution is 2.44. The van der Waals surface area contributed by atoms with E-state index < -0.39 is 52.9 Å². The Balaban J connectivity index is 0.826. The molecular weight excluding hydrogens is 1350 g/mol. The Morgan fingerprint density at radius 1 is 0.627 bits per heavy atom. The van der Waals surface area contributed by atoms with Crippen molar-refractivity contribution in [2.45, 2.75) is 47.2 Å². The van der Waals surface area contributed by atoms with E-state index in [0.717, 1.165) is 43.8 Å². The molecule has 4 heterocycles. The first-order valence-corrected chi connectivity index (χ1v) is 35.9. The number of thiazole rings is 1. The van der Waals surface area contributed by atoms with Crippen molar-refractivity contribution >= 4 is 69.5 Å². The highest BCUT2D eigenvalue weighted by molar-refractivity contribution is 8.01. The Morgan fingerprint density at radius 2 is 1.13 bits per heavy atom. The molecule has 0 radical (unpaired) electrons. The van der Waals surface area contributed by atoms with E-state index in [1.807, 2.05) is 188 Å². The van der Waals surface area contributed by atoms with Crippen molar-refractivity contribution in [3.8, 4) is 11.5 Å². The van der Waals surface area contributed by atoms with Crippen LogP contribution in [0.4, 0.5) is 5.13 Å². The number of methoxy groups -OCH3 is 2. The molecule has 520 valence electrons. The molecule has 2 aliphatic heterocycles. The number of hydrogen-bond acceptors (Lipinski definition) is 19. The number of amides is 2. The minimum atomic E-state index is -1.13. The summed E-state index contributed by atoms with van der Waals surface area (Å²) in [5.74, 6) is -1.13. The topological polar surface area (TPSA) is 208 Å². The third kappa shape index (κ3) is 17.8. The number of aromatic nitrogens is 2. The first-order valence-electron chi connectivity index (χ1n) is 33.0. The van der Waals surface area contributed by atoms with E-state index in [1.54, 1.807) is 54.8 Å². The second kappa shape index (κ2) is 35.7. The zero-order chi connectivity index (χ0) is 70.3. The number of fused-ring (bicyclic) bond motifs is 1. The van der Waals surface area contributed by atoms with Crippen LogP contribution in [0.5, 0.6) is 11.5 Å². The lowest BCUT2D eigenvalue weighted by Gasteiger charge is -2.49. The normalized spacial score (nSPS) is 14.4. The van der Waals surface area contributed by atoms with Crippen LogP contribution < -0.4 is 24.7 Å². The fraction of sp³-hybridized carbons (Fsp3) is 0.212. The minimum absolute atomic E-state index is 0.0395. The second-order valence-electron chi connectivity index (χ2n) is 23.4. The molecular formula is C80H75N6O13S3+. The van der Waals surface area contributed by atoms with Crippen molar-refractivity contribution in [3.05, 3.63) is 322 Å². The molecule has 12 rings (SSSR count). The van der Waals surface area contributed by atoms with Crippen LogP contribution in [-0.2, 0) is 71.1 Å². The number of rotatable bonds is 35. The van der Waals surface area contributed by atoms with Gasteiger partial charge >= 0.3 is 11.9 Å². The van der Waals surface area contributed by atoms with Gasteiger partial charge < -0.3 is 53.4 Å². The van der Waals surface area contributed by atoms with Gasteiger partial charge in [0.25, 0.3) is 11.8 Å². The predicted molar refractivity (Wildman–Crippen MR) is 390 cm³/mol. The van der Waals surface area contributed by atoms with Crippen LogP contribution in [0.1, 0.15) is 62.4 Å². The molecule has 10 aromatic rings. The maximum Gasteiger partial charge on any atom is 0.373 e. The molecule has 0 spiro atoms. The number of esters is 2. The van der Waals surface area contributed by atoms with Gasteiger partial charge in [-0.15, -0.1) is 34.9 Å². The lowest BCUT2D eigenvalue weighted by Crippen LogP contribution is -2.71. The molecule has 0 aliphatic carbocycles. The summed E-state index contributed by atoms with van der Waals surface area (Å²) in [6.45, 7) is 0.973. The van der Waals surface area contributed by atoms with Crippen molar-refractivity contribution in [2.24, 2.45) is 5.16 Å². The van der Waals surface area contributed by atoms with Crippen LogP contribution in [0.15, 0.2) is 282 Å². The first-order chi connectivity index (χ1) is 50.2. The van der Waals surface area contributed by atoms with Gasteiger partial charge in [0.05, 0.1) is 26.4 Å². The summed E-state index contributed by atoms with van der Waals surface area (Å²) in [5, 5.41) is 12.7. The summed E-state index contributed by atoms with van der Waals surface area (Å²) in [6, 6.07) is 76.1. The van der Waals surface area contributed by atoms with Gasteiger partial charge in [0.2, 0.25) is 6.54 Å². The number of pyridine rings is 1. The molecule has 2 aromatic heterocycles. The van der Waals surface area contributed by atoms with E-state index in [4.69, 9.17) is 47.7 Å². The third-order valence-corrected chi connectivity index (χ3v) is 19.9. The lowest BCUT2D eigenvalue weighted by molar-refractivity contribution is -0.686. The average molecular weight is 1420 g/mol. The smallest absolute Gasteiger partial charge is 0.373 e. The van der Waals surface area contributed by atoms with Gasteiger partial charge in [-0.25, -0.2) is 14.6 Å². The number of nitrogens with one attached hydrogen (secondary N) is 2.